The molecule has 1 aromatic carbocycles. The van der Waals surface area contributed by atoms with Crippen molar-refractivity contribution >= 4 is 34.1 Å². The Bertz CT molecular complexity index is 1320. The number of fused-ring (bicyclic) bond motifs is 3. The molecule has 33 heavy (non-hydrogen) atoms. The maximum atomic E-state index is 8.36. The molecule has 5 rings (SSSR count). The van der Waals surface area contributed by atoms with Crippen LogP contribution in [-0.2, 0) is 16.1 Å². The molecule has 3 aromatic heterocycles. The predicted molar refractivity (Wildman–Crippen MR) is 122 cm³/mol. The summed E-state index contributed by atoms with van der Waals surface area (Å²) >= 11 is 0. The third kappa shape index (κ3) is 4.49. The summed E-state index contributed by atoms with van der Waals surface area (Å²) in [6.45, 7) is 10.5. The first-order valence-corrected chi connectivity index (χ1v) is 10.5. The largest absolute Gasteiger partial charge is 0.493 e. The fourth-order valence-corrected chi connectivity index (χ4v) is 4.28. The van der Waals surface area contributed by atoms with E-state index in [1.165, 1.54) is 0 Å². The predicted octanol–water partition coefficient (Wildman–Crippen LogP) is 3.83. The van der Waals surface area contributed by atoms with Crippen molar-refractivity contribution in [3.8, 4) is 5.75 Å². The molecule has 1 aliphatic rings. The summed E-state index contributed by atoms with van der Waals surface area (Å²) in [5.41, 5.74) is 3.32. The van der Waals surface area contributed by atoms with E-state index in [0.29, 0.717) is 18.0 Å². The van der Waals surface area contributed by atoms with Crippen LogP contribution >= 0.6 is 0 Å². The molecule has 0 amide bonds. The summed E-state index contributed by atoms with van der Waals surface area (Å²) in [6.07, 6.45) is 7.39. The van der Waals surface area contributed by atoms with E-state index in [1.54, 1.807) is 13.3 Å². The van der Waals surface area contributed by atoms with Crippen molar-refractivity contribution in [2.24, 2.45) is 0 Å². The Morgan fingerprint density at radius 1 is 1.36 bits per heavy atom. The van der Waals surface area contributed by atoms with Gasteiger partial charge in [-0.3, -0.25) is 14.5 Å². The van der Waals surface area contributed by atoms with Gasteiger partial charge in [-0.05, 0) is 31.9 Å². The molecule has 1 N–H and O–H groups in total. The number of methoxy groups -OCH3 is 1. The monoisotopic (exact) mass is 448 g/mol. The van der Waals surface area contributed by atoms with Crippen molar-refractivity contribution in [3.63, 3.8) is 0 Å². The fraction of sp³-hybridized carbons (Fsp3) is 0.348. The van der Waals surface area contributed by atoms with Crippen LogP contribution in [0, 0.1) is 6.57 Å². The van der Waals surface area contributed by atoms with Crippen LogP contribution in [0.5, 0.6) is 5.75 Å². The molecule has 4 aromatic rings. The molecule has 2 atom stereocenters. The van der Waals surface area contributed by atoms with E-state index >= 15 is 0 Å². The summed E-state index contributed by atoms with van der Waals surface area (Å²) in [5.74, 6) is 1.63. The van der Waals surface area contributed by atoms with Gasteiger partial charge < -0.3 is 19.1 Å². The van der Waals surface area contributed by atoms with Gasteiger partial charge in [0.2, 0.25) is 0 Å². The van der Waals surface area contributed by atoms with E-state index < -0.39 is 0 Å². The second-order valence-electron chi connectivity index (χ2n) is 7.75. The van der Waals surface area contributed by atoms with Crippen molar-refractivity contribution in [3.05, 3.63) is 54.0 Å². The summed E-state index contributed by atoms with van der Waals surface area (Å²) in [6, 6.07) is 5.89. The average molecular weight is 448 g/mol. The van der Waals surface area contributed by atoms with E-state index in [9.17, 15) is 0 Å². The summed E-state index contributed by atoms with van der Waals surface area (Å²) in [5, 5.41) is 12.2. The molecular formula is C23H24N6O4. The molecule has 1 saturated heterocycles. The Labute approximate surface area is 190 Å². The number of carboxylic acid groups (broad SMARTS) is 1. The maximum absolute atomic E-state index is 8.36. The second kappa shape index (κ2) is 9.67. The van der Waals surface area contributed by atoms with Crippen LogP contribution in [0.1, 0.15) is 31.6 Å². The summed E-state index contributed by atoms with van der Waals surface area (Å²) in [4.78, 5) is 21.5. The van der Waals surface area contributed by atoms with Gasteiger partial charge in [0.15, 0.2) is 11.4 Å². The van der Waals surface area contributed by atoms with Crippen LogP contribution in [0.4, 0.5) is 5.69 Å². The number of imidazole rings is 1. The zero-order valence-electron chi connectivity index (χ0n) is 18.4. The first kappa shape index (κ1) is 22.2. The van der Waals surface area contributed by atoms with Crippen molar-refractivity contribution in [2.75, 3.05) is 13.7 Å². The van der Waals surface area contributed by atoms with Crippen LogP contribution in [0.3, 0.4) is 0 Å². The smallest absolute Gasteiger partial charge is 0.290 e. The first-order chi connectivity index (χ1) is 16.1. The maximum Gasteiger partial charge on any atom is 0.290 e. The van der Waals surface area contributed by atoms with Crippen molar-refractivity contribution in [1.82, 2.24) is 24.3 Å². The molecule has 10 heteroatoms. The average Bonchev–Trinajstić information content (AvgIpc) is 3.43. The molecule has 0 aliphatic carbocycles. The Hall–Kier alpha value is -3.97. The number of aromatic nitrogens is 5. The van der Waals surface area contributed by atoms with Crippen LogP contribution < -0.4 is 4.74 Å². The lowest BCUT2D eigenvalue weighted by Crippen LogP contribution is -2.27. The minimum Gasteiger partial charge on any atom is -0.493 e. The highest BCUT2D eigenvalue weighted by Crippen LogP contribution is 2.35. The second-order valence-corrected chi connectivity index (χ2v) is 7.75. The third-order valence-electron chi connectivity index (χ3n) is 5.67. The van der Waals surface area contributed by atoms with Gasteiger partial charge >= 0.3 is 0 Å². The van der Waals surface area contributed by atoms with E-state index in [1.807, 2.05) is 35.3 Å². The summed E-state index contributed by atoms with van der Waals surface area (Å²) < 4.78 is 15.2. The zero-order chi connectivity index (χ0) is 23.4. The summed E-state index contributed by atoms with van der Waals surface area (Å²) in [7, 11) is 1.63. The number of benzene rings is 1. The van der Waals surface area contributed by atoms with Gasteiger partial charge in [-0.15, -0.1) is 0 Å². The number of pyridine rings is 1. The lowest BCUT2D eigenvalue weighted by molar-refractivity contribution is -0.122. The van der Waals surface area contributed by atoms with Gasteiger partial charge in [-0.2, -0.15) is 5.10 Å². The number of ether oxygens (including phenoxy) is 2. The standard InChI is InChI=1S/C22H22N6O2.CH2O2/c1-14-8-16(6-7-30-14)28-21(13-27-12-17(29-3)10-25-27)26-20-11-24-19-5-4-15(23-2)9-18(19)22(20)28;2-1-3/h4-5,9-12,14,16H,6-8,13H2,1,3H3;1H,(H,2,3)/t14-,16-;/m1./s1. The Balaban J connectivity index is 0.000000821. The Kier molecular flexibility index (Phi) is 6.51. The van der Waals surface area contributed by atoms with Gasteiger partial charge in [-0.25, -0.2) is 9.83 Å². The van der Waals surface area contributed by atoms with Gasteiger partial charge in [0.1, 0.15) is 11.3 Å². The van der Waals surface area contributed by atoms with Crippen molar-refractivity contribution < 1.29 is 19.4 Å². The molecule has 1 aliphatic heterocycles. The number of nitrogens with zero attached hydrogens (tertiary/aromatic N) is 6. The molecule has 0 radical (unpaired) electrons. The van der Waals surface area contributed by atoms with E-state index in [0.717, 1.165) is 47.2 Å². The topological polar surface area (TPSA) is 109 Å². The number of hydrogen-bond donors (Lipinski definition) is 1. The zero-order valence-corrected chi connectivity index (χ0v) is 18.4. The van der Waals surface area contributed by atoms with Crippen molar-refractivity contribution in [2.45, 2.75) is 38.5 Å². The van der Waals surface area contributed by atoms with Gasteiger partial charge in [0, 0.05) is 18.0 Å². The first-order valence-electron chi connectivity index (χ1n) is 10.5. The highest BCUT2D eigenvalue weighted by Gasteiger charge is 2.26. The quantitative estimate of drug-likeness (QED) is 0.373. The SMILES string of the molecule is O=CO.[C-]#[N+]c1ccc2ncc3nc(Cn4cc(OC)cn4)n([C@@H]4CCO[C@H](C)C4)c3c2c1. The number of hydrogen-bond acceptors (Lipinski definition) is 6. The fourth-order valence-electron chi connectivity index (χ4n) is 4.28. The third-order valence-corrected chi connectivity index (χ3v) is 5.67. The Morgan fingerprint density at radius 2 is 2.18 bits per heavy atom. The minimum absolute atomic E-state index is 0.186. The lowest BCUT2D eigenvalue weighted by atomic mass is 10.0. The van der Waals surface area contributed by atoms with E-state index in [4.69, 9.17) is 30.9 Å². The van der Waals surface area contributed by atoms with Gasteiger partial charge in [-0.1, -0.05) is 6.07 Å². The van der Waals surface area contributed by atoms with Gasteiger partial charge in [0.25, 0.3) is 6.47 Å². The highest BCUT2D eigenvalue weighted by atomic mass is 16.5. The molecule has 0 bridgehead atoms. The molecule has 4 heterocycles. The highest BCUT2D eigenvalue weighted by molar-refractivity contribution is 6.03. The van der Waals surface area contributed by atoms with Crippen LogP contribution in [0.25, 0.3) is 26.8 Å². The van der Waals surface area contributed by atoms with Gasteiger partial charge in [0.05, 0.1) is 56.0 Å². The Morgan fingerprint density at radius 3 is 2.88 bits per heavy atom. The number of carbonyl (C=O) groups is 1. The normalized spacial score (nSPS) is 17.8. The number of rotatable bonds is 4. The molecule has 1 fully saturated rings. The van der Waals surface area contributed by atoms with E-state index in [2.05, 4.69) is 26.4 Å². The van der Waals surface area contributed by atoms with Crippen molar-refractivity contribution in [1.29, 1.82) is 0 Å². The van der Waals surface area contributed by atoms with E-state index in [-0.39, 0.29) is 18.6 Å². The van der Waals surface area contributed by atoms with Crippen LogP contribution in [-0.4, -0.2) is 55.7 Å². The lowest BCUT2D eigenvalue weighted by Gasteiger charge is -2.30. The molecule has 170 valence electrons. The molecular weight excluding hydrogens is 424 g/mol. The molecule has 0 spiro atoms. The molecule has 0 saturated carbocycles. The molecule has 0 unspecified atom stereocenters. The van der Waals surface area contributed by atoms with Crippen LogP contribution in [0.2, 0.25) is 0 Å². The molecule has 10 nitrogen and oxygen atoms in total. The van der Waals surface area contributed by atoms with Crippen LogP contribution in [0.15, 0.2) is 36.8 Å². The minimum atomic E-state index is -0.250.